The van der Waals surface area contributed by atoms with Gasteiger partial charge in [-0.3, -0.25) is 9.59 Å². The zero-order valence-corrected chi connectivity index (χ0v) is 14.3. The Hall–Kier alpha value is -2.36. The highest BCUT2D eigenvalue weighted by atomic mass is 16.2. The van der Waals surface area contributed by atoms with Crippen LogP contribution in [0, 0.1) is 6.92 Å². The lowest BCUT2D eigenvalue weighted by molar-refractivity contribution is -0.122. The molecule has 1 heterocycles. The van der Waals surface area contributed by atoms with Crippen molar-refractivity contribution < 1.29 is 4.79 Å². The number of hydrogen-bond acceptors (Lipinski definition) is 2. The van der Waals surface area contributed by atoms with Gasteiger partial charge in [-0.1, -0.05) is 23.8 Å². The van der Waals surface area contributed by atoms with E-state index in [0.717, 1.165) is 24.1 Å². The number of amides is 1. The number of aromatic nitrogens is 1. The Morgan fingerprint density at radius 2 is 2.08 bits per heavy atom. The van der Waals surface area contributed by atoms with Gasteiger partial charge in [0.05, 0.1) is 5.52 Å². The molecule has 0 saturated carbocycles. The quantitative estimate of drug-likeness (QED) is 0.877. The lowest BCUT2D eigenvalue weighted by Gasteiger charge is -2.22. The maximum atomic E-state index is 12.5. The third-order valence-corrected chi connectivity index (χ3v) is 4.79. The predicted molar refractivity (Wildman–Crippen MR) is 97.1 cm³/mol. The Balaban J connectivity index is 1.81. The summed E-state index contributed by atoms with van der Waals surface area (Å²) in [6, 6.07) is 9.11. The fourth-order valence-electron chi connectivity index (χ4n) is 3.44. The van der Waals surface area contributed by atoms with Gasteiger partial charge < -0.3 is 9.88 Å². The minimum Gasteiger partial charge on any atom is -0.348 e. The highest BCUT2D eigenvalue weighted by Gasteiger charge is 2.15. The molecule has 1 aliphatic rings. The second-order valence-electron chi connectivity index (χ2n) is 6.57. The van der Waals surface area contributed by atoms with E-state index in [-0.39, 0.29) is 23.9 Å². The summed E-state index contributed by atoms with van der Waals surface area (Å²) in [7, 11) is 0. The first-order valence-electron chi connectivity index (χ1n) is 8.64. The number of carbonyl (C=O) groups is 1. The van der Waals surface area contributed by atoms with Gasteiger partial charge in [-0.15, -0.1) is 0 Å². The zero-order chi connectivity index (χ0) is 17.1. The number of allylic oxidation sites excluding steroid dienone is 1. The van der Waals surface area contributed by atoms with Crippen molar-refractivity contribution in [2.45, 2.75) is 52.1 Å². The molecule has 1 amide bonds. The van der Waals surface area contributed by atoms with E-state index in [1.54, 1.807) is 12.1 Å². The second kappa shape index (κ2) is 7.04. The first kappa shape index (κ1) is 16.5. The Labute approximate surface area is 142 Å². The lowest BCUT2D eigenvalue weighted by Crippen LogP contribution is -2.37. The van der Waals surface area contributed by atoms with Crippen LogP contribution in [0.25, 0.3) is 10.9 Å². The van der Waals surface area contributed by atoms with Crippen LogP contribution in [-0.2, 0) is 11.3 Å². The normalized spacial score (nSPS) is 15.8. The van der Waals surface area contributed by atoms with Crippen molar-refractivity contribution >= 4 is 16.8 Å². The zero-order valence-electron chi connectivity index (χ0n) is 14.3. The van der Waals surface area contributed by atoms with E-state index in [2.05, 4.69) is 11.4 Å². The average molecular weight is 324 g/mol. The molecule has 0 saturated heterocycles. The summed E-state index contributed by atoms with van der Waals surface area (Å²) in [5.41, 5.74) is 2.94. The highest BCUT2D eigenvalue weighted by molar-refractivity contribution is 5.82. The molecule has 126 valence electrons. The summed E-state index contributed by atoms with van der Waals surface area (Å²) in [5, 5.41) is 3.75. The number of benzene rings is 1. The molecule has 0 fully saturated rings. The van der Waals surface area contributed by atoms with Crippen molar-refractivity contribution in [2.24, 2.45) is 0 Å². The smallest absolute Gasteiger partial charge is 0.240 e. The first-order chi connectivity index (χ1) is 11.6. The largest absolute Gasteiger partial charge is 0.348 e. The summed E-state index contributed by atoms with van der Waals surface area (Å²) in [6.07, 6.45) is 6.89. The Kier molecular flexibility index (Phi) is 4.84. The molecule has 24 heavy (non-hydrogen) atoms. The van der Waals surface area contributed by atoms with E-state index in [1.165, 1.54) is 18.4 Å². The van der Waals surface area contributed by atoms with Gasteiger partial charge in [-0.05, 0) is 51.7 Å². The molecular weight excluding hydrogens is 300 g/mol. The van der Waals surface area contributed by atoms with Crippen molar-refractivity contribution in [3.05, 3.63) is 57.9 Å². The van der Waals surface area contributed by atoms with Crippen LogP contribution in [0.2, 0.25) is 0 Å². The third kappa shape index (κ3) is 3.42. The molecule has 1 atom stereocenters. The summed E-state index contributed by atoms with van der Waals surface area (Å²) >= 11 is 0. The molecule has 0 aliphatic heterocycles. The van der Waals surface area contributed by atoms with Crippen molar-refractivity contribution in [1.29, 1.82) is 0 Å². The SMILES string of the molecule is Cc1cc(=O)c2ccccc2n1CC(=O)NC(C)C1=CCCCC1. The average Bonchev–Trinajstić information content (AvgIpc) is 2.59. The molecule has 4 nitrogen and oxygen atoms in total. The fraction of sp³-hybridized carbons (Fsp3) is 0.400. The van der Waals surface area contributed by atoms with Crippen LogP contribution in [0.15, 0.2) is 46.8 Å². The number of pyridine rings is 1. The molecule has 0 bridgehead atoms. The topological polar surface area (TPSA) is 51.1 Å². The van der Waals surface area contributed by atoms with E-state index in [1.807, 2.05) is 36.6 Å². The molecule has 1 aliphatic carbocycles. The molecule has 2 aromatic rings. The summed E-state index contributed by atoms with van der Waals surface area (Å²) in [4.78, 5) is 24.6. The minimum absolute atomic E-state index is 0.000451. The maximum Gasteiger partial charge on any atom is 0.240 e. The number of rotatable bonds is 4. The molecule has 0 spiro atoms. The standard InChI is InChI=1S/C20H24N2O2/c1-14-12-19(23)17-10-6-7-11-18(17)22(14)13-20(24)21-15(2)16-8-4-3-5-9-16/h6-8,10-12,15H,3-5,9,13H2,1-2H3,(H,21,24). The van der Waals surface area contributed by atoms with Crippen molar-refractivity contribution in [1.82, 2.24) is 9.88 Å². The first-order valence-corrected chi connectivity index (χ1v) is 8.64. The monoisotopic (exact) mass is 324 g/mol. The number of hydrogen-bond donors (Lipinski definition) is 1. The predicted octanol–water partition coefficient (Wildman–Crippen LogP) is 3.32. The van der Waals surface area contributed by atoms with Gasteiger partial charge in [-0.2, -0.15) is 0 Å². The van der Waals surface area contributed by atoms with E-state index < -0.39 is 0 Å². The van der Waals surface area contributed by atoms with Crippen molar-refractivity contribution in [3.63, 3.8) is 0 Å². The van der Waals surface area contributed by atoms with E-state index in [9.17, 15) is 9.59 Å². The minimum atomic E-state index is -0.0223. The van der Waals surface area contributed by atoms with Crippen LogP contribution >= 0.6 is 0 Å². The number of para-hydroxylation sites is 1. The number of fused-ring (bicyclic) bond motifs is 1. The number of aryl methyl sites for hydroxylation is 1. The molecular formula is C20H24N2O2. The number of nitrogens with zero attached hydrogens (tertiary/aromatic N) is 1. The Morgan fingerprint density at radius 3 is 2.83 bits per heavy atom. The fourth-order valence-corrected chi connectivity index (χ4v) is 3.44. The molecule has 3 rings (SSSR count). The maximum absolute atomic E-state index is 12.5. The van der Waals surface area contributed by atoms with Crippen LogP contribution in [-0.4, -0.2) is 16.5 Å². The van der Waals surface area contributed by atoms with Crippen molar-refractivity contribution in [2.75, 3.05) is 0 Å². The molecule has 4 heteroatoms. The van der Waals surface area contributed by atoms with Crippen LogP contribution in [0.4, 0.5) is 0 Å². The summed E-state index contributed by atoms with van der Waals surface area (Å²) < 4.78 is 1.91. The van der Waals surface area contributed by atoms with Crippen LogP contribution < -0.4 is 10.7 Å². The van der Waals surface area contributed by atoms with Gasteiger partial charge in [0.1, 0.15) is 6.54 Å². The van der Waals surface area contributed by atoms with Crippen molar-refractivity contribution in [3.8, 4) is 0 Å². The van der Waals surface area contributed by atoms with Gasteiger partial charge in [0.15, 0.2) is 5.43 Å². The highest BCUT2D eigenvalue weighted by Crippen LogP contribution is 2.20. The Bertz CT molecular complexity index is 848. The molecule has 1 unspecified atom stereocenters. The number of nitrogens with one attached hydrogen (secondary N) is 1. The molecule has 1 aromatic carbocycles. The van der Waals surface area contributed by atoms with Crippen LogP contribution in [0.3, 0.4) is 0 Å². The summed E-state index contributed by atoms with van der Waals surface area (Å²) in [6.45, 7) is 4.14. The Morgan fingerprint density at radius 1 is 1.29 bits per heavy atom. The molecule has 1 aromatic heterocycles. The number of carbonyl (C=O) groups excluding carboxylic acids is 1. The molecule has 0 radical (unpaired) electrons. The third-order valence-electron chi connectivity index (χ3n) is 4.79. The summed E-state index contributed by atoms with van der Waals surface area (Å²) in [5.74, 6) is -0.0223. The van der Waals surface area contributed by atoms with E-state index in [4.69, 9.17) is 0 Å². The van der Waals surface area contributed by atoms with Gasteiger partial charge in [0, 0.05) is 23.2 Å². The van der Waals surface area contributed by atoms with E-state index >= 15 is 0 Å². The van der Waals surface area contributed by atoms with Crippen LogP contribution in [0.1, 0.15) is 38.3 Å². The van der Waals surface area contributed by atoms with E-state index in [0.29, 0.717) is 5.39 Å². The van der Waals surface area contributed by atoms with Gasteiger partial charge in [0.25, 0.3) is 0 Å². The van der Waals surface area contributed by atoms with Gasteiger partial charge in [-0.25, -0.2) is 0 Å². The lowest BCUT2D eigenvalue weighted by atomic mass is 9.95. The van der Waals surface area contributed by atoms with Gasteiger partial charge in [0.2, 0.25) is 5.91 Å². The second-order valence-corrected chi connectivity index (χ2v) is 6.57. The van der Waals surface area contributed by atoms with Gasteiger partial charge >= 0.3 is 0 Å². The van der Waals surface area contributed by atoms with Crippen LogP contribution in [0.5, 0.6) is 0 Å². The molecule has 1 N–H and O–H groups in total.